The molecule has 2 heterocycles. The van der Waals surface area contributed by atoms with E-state index in [2.05, 4.69) is 10.6 Å². The number of hydrogen-bond donors (Lipinski definition) is 2. The van der Waals surface area contributed by atoms with E-state index in [4.69, 9.17) is 19.2 Å². The second kappa shape index (κ2) is 10.0. The van der Waals surface area contributed by atoms with Crippen molar-refractivity contribution in [3.05, 3.63) is 53.8 Å². The number of aliphatic imine (C=N–C) groups is 1. The predicted octanol–water partition coefficient (Wildman–Crippen LogP) is 4.11. The van der Waals surface area contributed by atoms with Gasteiger partial charge in [0, 0.05) is 43.3 Å². The van der Waals surface area contributed by atoms with Crippen molar-refractivity contribution in [2.75, 3.05) is 44.8 Å². The molecule has 2 aliphatic heterocycles. The number of benzene rings is 2. The molecule has 2 aromatic rings. The number of anilines is 1. The van der Waals surface area contributed by atoms with Gasteiger partial charge in [0.1, 0.15) is 5.82 Å². The fourth-order valence-electron chi connectivity index (χ4n) is 4.02. The zero-order chi connectivity index (χ0) is 21.5. The molecule has 0 atom stereocenters. The first kappa shape index (κ1) is 21.4. The molecule has 166 valence electrons. The highest BCUT2D eigenvalue weighted by atomic mass is 19.1. The predicted molar refractivity (Wildman–Crippen MR) is 120 cm³/mol. The van der Waals surface area contributed by atoms with E-state index in [0.29, 0.717) is 38.9 Å². The Labute approximate surface area is 182 Å². The Morgan fingerprint density at radius 1 is 1.00 bits per heavy atom. The third-order valence-corrected chi connectivity index (χ3v) is 5.80. The maximum Gasteiger partial charge on any atom is 0.195 e. The maximum absolute atomic E-state index is 13.5. The van der Waals surface area contributed by atoms with Gasteiger partial charge in [0.25, 0.3) is 0 Å². The summed E-state index contributed by atoms with van der Waals surface area (Å²) in [6, 6.07) is 12.6. The highest BCUT2D eigenvalue weighted by molar-refractivity contribution is 5.94. The molecule has 31 heavy (non-hydrogen) atoms. The van der Waals surface area contributed by atoms with Gasteiger partial charge in [0.2, 0.25) is 0 Å². The van der Waals surface area contributed by atoms with Crippen LogP contribution in [0.1, 0.15) is 31.7 Å². The summed E-state index contributed by atoms with van der Waals surface area (Å²) in [6.45, 7) is 6.03. The van der Waals surface area contributed by atoms with Gasteiger partial charge in [-0.25, -0.2) is 4.39 Å². The van der Waals surface area contributed by atoms with Crippen molar-refractivity contribution in [2.45, 2.75) is 31.6 Å². The molecule has 1 saturated heterocycles. The molecular weight excluding hydrogens is 397 g/mol. The van der Waals surface area contributed by atoms with Crippen molar-refractivity contribution in [1.29, 1.82) is 0 Å². The quantitative estimate of drug-likeness (QED) is 0.555. The molecule has 7 heteroatoms. The van der Waals surface area contributed by atoms with E-state index in [9.17, 15) is 4.39 Å². The Balaban J connectivity index is 1.54. The molecule has 0 bridgehead atoms. The van der Waals surface area contributed by atoms with Crippen LogP contribution in [0.15, 0.2) is 47.5 Å². The number of ether oxygens (including phenoxy) is 3. The lowest BCUT2D eigenvalue weighted by Gasteiger charge is -2.36. The van der Waals surface area contributed by atoms with Gasteiger partial charge < -0.3 is 24.8 Å². The second-order valence-electron chi connectivity index (χ2n) is 7.93. The lowest BCUT2D eigenvalue weighted by molar-refractivity contribution is 0.0531. The van der Waals surface area contributed by atoms with Crippen molar-refractivity contribution in [3.8, 4) is 11.5 Å². The van der Waals surface area contributed by atoms with E-state index in [0.717, 1.165) is 48.6 Å². The van der Waals surface area contributed by atoms with E-state index in [-0.39, 0.29) is 11.2 Å². The third-order valence-electron chi connectivity index (χ3n) is 5.80. The van der Waals surface area contributed by atoms with Crippen LogP contribution in [0.3, 0.4) is 0 Å². The van der Waals surface area contributed by atoms with Gasteiger partial charge >= 0.3 is 0 Å². The zero-order valence-electron chi connectivity index (χ0n) is 18.0. The van der Waals surface area contributed by atoms with Crippen LogP contribution in [0, 0.1) is 5.82 Å². The minimum Gasteiger partial charge on any atom is -0.490 e. The summed E-state index contributed by atoms with van der Waals surface area (Å²) >= 11 is 0. The highest BCUT2D eigenvalue weighted by Gasteiger charge is 2.34. The van der Waals surface area contributed by atoms with Crippen molar-refractivity contribution >= 4 is 11.6 Å². The molecule has 0 spiro atoms. The Hall–Kier alpha value is -2.80. The average Bonchev–Trinajstić information content (AvgIpc) is 3.04. The van der Waals surface area contributed by atoms with Crippen LogP contribution in [0.25, 0.3) is 0 Å². The van der Waals surface area contributed by atoms with Crippen LogP contribution in [-0.2, 0) is 10.2 Å². The van der Waals surface area contributed by atoms with Gasteiger partial charge in [0.15, 0.2) is 17.5 Å². The number of halogens is 1. The molecule has 0 aromatic heterocycles. The van der Waals surface area contributed by atoms with E-state index in [1.54, 1.807) is 0 Å². The summed E-state index contributed by atoms with van der Waals surface area (Å²) in [6.07, 6.45) is 2.58. The number of fused-ring (bicyclic) bond motifs is 1. The Bertz CT molecular complexity index is 895. The van der Waals surface area contributed by atoms with Gasteiger partial charge in [-0.3, -0.25) is 4.99 Å². The maximum atomic E-state index is 13.5. The van der Waals surface area contributed by atoms with Crippen molar-refractivity contribution in [2.24, 2.45) is 4.99 Å². The van der Waals surface area contributed by atoms with Crippen molar-refractivity contribution < 1.29 is 18.6 Å². The molecule has 0 aliphatic carbocycles. The summed E-state index contributed by atoms with van der Waals surface area (Å²) in [5.74, 6) is 1.98. The molecular formula is C24H30FN3O3. The number of nitrogens with one attached hydrogen (secondary N) is 2. The molecule has 1 fully saturated rings. The summed E-state index contributed by atoms with van der Waals surface area (Å²) < 4.78 is 30.6. The summed E-state index contributed by atoms with van der Waals surface area (Å²) in [7, 11) is 0. The highest BCUT2D eigenvalue weighted by Crippen LogP contribution is 2.36. The van der Waals surface area contributed by atoms with Gasteiger partial charge in [-0.05, 0) is 49.6 Å². The topological polar surface area (TPSA) is 64.1 Å². The normalized spacial score (nSPS) is 18.2. The lowest BCUT2D eigenvalue weighted by Crippen LogP contribution is -2.39. The average molecular weight is 428 g/mol. The van der Waals surface area contributed by atoms with Crippen LogP contribution >= 0.6 is 0 Å². The van der Waals surface area contributed by atoms with Gasteiger partial charge in [0.05, 0.1) is 19.8 Å². The van der Waals surface area contributed by atoms with Gasteiger partial charge in [-0.2, -0.15) is 0 Å². The zero-order valence-corrected chi connectivity index (χ0v) is 18.0. The van der Waals surface area contributed by atoms with E-state index >= 15 is 0 Å². The number of rotatable bonds is 5. The van der Waals surface area contributed by atoms with Crippen LogP contribution < -0.4 is 20.1 Å². The van der Waals surface area contributed by atoms with Gasteiger partial charge in [-0.1, -0.05) is 12.1 Å². The minimum atomic E-state index is -0.223. The number of nitrogens with zero attached hydrogens (tertiary/aromatic N) is 1. The number of guanidine groups is 1. The fraction of sp³-hybridized carbons (Fsp3) is 0.458. The molecule has 0 radical (unpaired) electrons. The summed E-state index contributed by atoms with van der Waals surface area (Å²) in [4.78, 5) is 4.91. The van der Waals surface area contributed by atoms with Gasteiger partial charge in [-0.15, -0.1) is 0 Å². The molecule has 0 amide bonds. The molecule has 2 aliphatic rings. The Morgan fingerprint density at radius 2 is 1.74 bits per heavy atom. The van der Waals surface area contributed by atoms with E-state index in [1.807, 2.05) is 37.3 Å². The van der Waals surface area contributed by atoms with E-state index < -0.39 is 0 Å². The summed E-state index contributed by atoms with van der Waals surface area (Å²) in [5.41, 5.74) is 1.82. The fourth-order valence-corrected chi connectivity index (χ4v) is 4.02. The molecule has 6 nitrogen and oxygen atoms in total. The first-order valence-corrected chi connectivity index (χ1v) is 11.0. The Morgan fingerprint density at radius 3 is 2.48 bits per heavy atom. The van der Waals surface area contributed by atoms with Crippen LogP contribution in [0.2, 0.25) is 0 Å². The molecule has 2 aromatic carbocycles. The smallest absolute Gasteiger partial charge is 0.195 e. The van der Waals surface area contributed by atoms with Crippen molar-refractivity contribution in [1.82, 2.24) is 5.32 Å². The molecule has 0 saturated carbocycles. The Kier molecular flexibility index (Phi) is 6.92. The van der Waals surface area contributed by atoms with E-state index in [1.165, 1.54) is 12.1 Å². The van der Waals surface area contributed by atoms with Crippen LogP contribution in [-0.4, -0.2) is 45.5 Å². The molecule has 0 unspecified atom stereocenters. The summed E-state index contributed by atoms with van der Waals surface area (Å²) in [5, 5.41) is 6.70. The lowest BCUT2D eigenvalue weighted by atomic mass is 9.74. The second-order valence-corrected chi connectivity index (χ2v) is 7.93. The van der Waals surface area contributed by atoms with Crippen molar-refractivity contribution in [3.63, 3.8) is 0 Å². The molecule has 4 rings (SSSR count). The number of hydrogen-bond acceptors (Lipinski definition) is 4. The molecule has 2 N–H and O–H groups in total. The van der Waals surface area contributed by atoms with Crippen LogP contribution in [0.4, 0.5) is 10.1 Å². The SMILES string of the molecule is CCNC(=NCC1(c2ccc(F)cc2)CCOCC1)Nc1ccc2c(c1)OCCCO2. The standard InChI is InChI=1S/C24H30FN3O3/c1-2-26-23(28-20-8-9-21-22(16-20)31-13-3-12-30-21)27-17-24(10-14-29-15-11-24)18-4-6-19(25)7-5-18/h4-9,16H,2-3,10-15,17H2,1H3,(H2,26,27,28). The van der Waals surface area contributed by atoms with Crippen LogP contribution in [0.5, 0.6) is 11.5 Å². The minimum absolute atomic E-state index is 0.168. The third kappa shape index (κ3) is 5.28. The largest absolute Gasteiger partial charge is 0.490 e. The monoisotopic (exact) mass is 427 g/mol. The first-order chi connectivity index (χ1) is 15.2. The first-order valence-electron chi connectivity index (χ1n) is 11.0.